The average molecular weight is 430 g/mol. The fraction of sp³-hybridized carbons (Fsp3) is 0.417. The Morgan fingerprint density at radius 2 is 1.35 bits per heavy atom. The second-order valence-electron chi connectivity index (χ2n) is 8.99. The van der Waals surface area contributed by atoms with Crippen LogP contribution in [0.25, 0.3) is 0 Å². The molecule has 0 radical (unpaired) electrons. The summed E-state index contributed by atoms with van der Waals surface area (Å²) in [6.45, 7) is 10.8. The lowest BCUT2D eigenvalue weighted by Crippen LogP contribution is -2.39. The van der Waals surface area contributed by atoms with Gasteiger partial charge in [0.25, 0.3) is 0 Å². The summed E-state index contributed by atoms with van der Waals surface area (Å²) in [4.78, 5) is 29.8. The van der Waals surface area contributed by atoms with Crippen molar-refractivity contribution in [2.75, 3.05) is 0 Å². The summed E-state index contributed by atoms with van der Waals surface area (Å²) in [6.07, 6.45) is -1.77. The van der Waals surface area contributed by atoms with Gasteiger partial charge in [-0.05, 0) is 64.8 Å². The summed E-state index contributed by atoms with van der Waals surface area (Å²) in [5.74, 6) is 0.685. The standard InChI is InChI=1S/C24H31NO6/c1-23(2,3)29-21(26)25(31-22(27)30-24(4,5)6)16-18-12-14-20(15-13-18)28-17-19-10-8-7-9-11-19/h7-15H,16-17H2,1-6H3. The zero-order valence-electron chi connectivity index (χ0n) is 19.0. The van der Waals surface area contributed by atoms with E-state index in [1.54, 1.807) is 65.8 Å². The maximum Gasteiger partial charge on any atom is 0.534 e. The van der Waals surface area contributed by atoms with Gasteiger partial charge in [0.05, 0.1) is 6.54 Å². The Labute approximate surface area is 183 Å². The van der Waals surface area contributed by atoms with Gasteiger partial charge in [0.2, 0.25) is 0 Å². The van der Waals surface area contributed by atoms with Crippen molar-refractivity contribution in [3.8, 4) is 5.75 Å². The first-order valence-electron chi connectivity index (χ1n) is 10.1. The van der Waals surface area contributed by atoms with Crippen molar-refractivity contribution in [2.45, 2.75) is 65.9 Å². The second kappa shape index (κ2) is 10.2. The first-order valence-corrected chi connectivity index (χ1v) is 10.1. The van der Waals surface area contributed by atoms with Crippen LogP contribution >= 0.6 is 0 Å². The lowest BCUT2D eigenvalue weighted by atomic mass is 10.2. The van der Waals surface area contributed by atoms with Crippen molar-refractivity contribution >= 4 is 12.2 Å². The Balaban J connectivity index is 2.04. The van der Waals surface area contributed by atoms with Crippen LogP contribution in [0.4, 0.5) is 9.59 Å². The highest BCUT2D eigenvalue weighted by molar-refractivity contribution is 5.70. The molecule has 0 N–H and O–H groups in total. The van der Waals surface area contributed by atoms with Crippen LogP contribution in [0.15, 0.2) is 54.6 Å². The number of hydroxylamine groups is 2. The molecule has 0 heterocycles. The third-order valence-electron chi connectivity index (χ3n) is 3.67. The Kier molecular flexibility index (Phi) is 7.91. The van der Waals surface area contributed by atoms with E-state index in [0.29, 0.717) is 12.4 Å². The van der Waals surface area contributed by atoms with Crippen molar-refractivity contribution in [1.82, 2.24) is 5.06 Å². The molecule has 7 heteroatoms. The van der Waals surface area contributed by atoms with Crippen LogP contribution in [0.5, 0.6) is 5.75 Å². The Bertz CT molecular complexity index is 850. The van der Waals surface area contributed by atoms with Gasteiger partial charge in [0, 0.05) is 0 Å². The molecule has 0 saturated heterocycles. The van der Waals surface area contributed by atoms with Crippen molar-refractivity contribution in [2.24, 2.45) is 0 Å². The SMILES string of the molecule is CC(C)(C)OC(=O)ON(Cc1ccc(OCc2ccccc2)cc1)C(=O)OC(C)(C)C. The van der Waals surface area contributed by atoms with Crippen LogP contribution in [-0.4, -0.2) is 28.5 Å². The molecule has 31 heavy (non-hydrogen) atoms. The number of rotatable bonds is 5. The summed E-state index contributed by atoms with van der Waals surface area (Å²) in [7, 11) is 0. The van der Waals surface area contributed by atoms with Gasteiger partial charge in [-0.15, -0.1) is 5.06 Å². The molecule has 0 bridgehead atoms. The third kappa shape index (κ3) is 9.42. The normalized spacial score (nSPS) is 11.4. The van der Waals surface area contributed by atoms with E-state index in [-0.39, 0.29) is 6.54 Å². The van der Waals surface area contributed by atoms with E-state index in [9.17, 15) is 9.59 Å². The molecule has 0 aliphatic carbocycles. The zero-order chi connectivity index (χ0) is 23.1. The lowest BCUT2D eigenvalue weighted by molar-refractivity contribution is -0.140. The largest absolute Gasteiger partial charge is 0.534 e. The van der Waals surface area contributed by atoms with E-state index >= 15 is 0 Å². The highest BCUT2D eigenvalue weighted by Crippen LogP contribution is 2.18. The minimum absolute atomic E-state index is 0.00682. The van der Waals surface area contributed by atoms with Gasteiger partial charge in [0.1, 0.15) is 23.6 Å². The van der Waals surface area contributed by atoms with Gasteiger partial charge >= 0.3 is 12.2 Å². The highest BCUT2D eigenvalue weighted by atomic mass is 16.8. The van der Waals surface area contributed by atoms with Gasteiger partial charge in [-0.25, -0.2) is 9.59 Å². The van der Waals surface area contributed by atoms with Gasteiger partial charge in [-0.1, -0.05) is 42.5 Å². The van der Waals surface area contributed by atoms with Gasteiger partial charge in [-0.3, -0.25) is 4.84 Å². The number of hydrogen-bond acceptors (Lipinski definition) is 6. The topological polar surface area (TPSA) is 74.3 Å². The first-order chi connectivity index (χ1) is 14.4. The summed E-state index contributed by atoms with van der Waals surface area (Å²) >= 11 is 0. The predicted octanol–water partition coefficient (Wildman–Crippen LogP) is 5.87. The maximum absolute atomic E-state index is 12.5. The molecule has 0 aliphatic heterocycles. The number of carbonyl (C=O) groups is 2. The molecular formula is C24H31NO6. The van der Waals surface area contributed by atoms with Gasteiger partial charge < -0.3 is 14.2 Å². The minimum atomic E-state index is -0.985. The number of carbonyl (C=O) groups excluding carboxylic acids is 2. The minimum Gasteiger partial charge on any atom is -0.489 e. The maximum atomic E-state index is 12.5. The van der Waals surface area contributed by atoms with E-state index in [1.165, 1.54) is 0 Å². The fourth-order valence-electron chi connectivity index (χ4n) is 2.40. The number of benzene rings is 2. The van der Waals surface area contributed by atoms with E-state index in [2.05, 4.69) is 0 Å². The monoisotopic (exact) mass is 429 g/mol. The molecule has 2 aromatic carbocycles. The van der Waals surface area contributed by atoms with E-state index < -0.39 is 23.5 Å². The number of ether oxygens (including phenoxy) is 3. The molecule has 0 aliphatic rings. The number of amides is 1. The van der Waals surface area contributed by atoms with Gasteiger partial charge in [-0.2, -0.15) is 0 Å². The Morgan fingerprint density at radius 1 is 0.774 bits per heavy atom. The third-order valence-corrected chi connectivity index (χ3v) is 3.67. The van der Waals surface area contributed by atoms with Crippen molar-refractivity contribution in [3.63, 3.8) is 0 Å². The quantitative estimate of drug-likeness (QED) is 0.437. The summed E-state index contributed by atoms with van der Waals surface area (Å²) in [6, 6.07) is 17.0. The molecule has 2 rings (SSSR count). The summed E-state index contributed by atoms with van der Waals surface area (Å²) in [5.41, 5.74) is 0.283. The second-order valence-corrected chi connectivity index (χ2v) is 8.99. The molecular weight excluding hydrogens is 398 g/mol. The van der Waals surface area contributed by atoms with Crippen LogP contribution in [0.3, 0.4) is 0 Å². The molecule has 0 unspecified atom stereocenters. The Hall–Kier alpha value is -3.22. The smallest absolute Gasteiger partial charge is 0.489 e. The number of hydrogen-bond donors (Lipinski definition) is 0. The molecule has 0 fully saturated rings. The van der Waals surface area contributed by atoms with E-state index in [0.717, 1.165) is 16.2 Å². The van der Waals surface area contributed by atoms with Crippen LogP contribution in [-0.2, 0) is 27.5 Å². The molecule has 0 spiro atoms. The van der Waals surface area contributed by atoms with Crippen LogP contribution in [0.1, 0.15) is 52.7 Å². The molecule has 0 atom stereocenters. The average Bonchev–Trinajstić information content (AvgIpc) is 2.65. The van der Waals surface area contributed by atoms with Gasteiger partial charge in [0.15, 0.2) is 0 Å². The molecule has 2 aromatic rings. The Morgan fingerprint density at radius 3 is 1.90 bits per heavy atom. The fourth-order valence-corrected chi connectivity index (χ4v) is 2.40. The van der Waals surface area contributed by atoms with Crippen molar-refractivity contribution in [3.05, 3.63) is 65.7 Å². The molecule has 0 aromatic heterocycles. The van der Waals surface area contributed by atoms with Crippen LogP contribution < -0.4 is 4.74 Å². The molecule has 168 valence electrons. The number of nitrogens with zero attached hydrogens (tertiary/aromatic N) is 1. The summed E-state index contributed by atoms with van der Waals surface area (Å²) in [5, 5.41) is 0.846. The van der Waals surface area contributed by atoms with E-state index in [4.69, 9.17) is 19.0 Å². The summed E-state index contributed by atoms with van der Waals surface area (Å²) < 4.78 is 16.3. The lowest BCUT2D eigenvalue weighted by Gasteiger charge is -2.27. The zero-order valence-corrected chi connectivity index (χ0v) is 19.0. The van der Waals surface area contributed by atoms with Crippen molar-refractivity contribution < 1.29 is 28.6 Å². The highest BCUT2D eigenvalue weighted by Gasteiger charge is 2.28. The van der Waals surface area contributed by atoms with Crippen LogP contribution in [0, 0.1) is 0 Å². The van der Waals surface area contributed by atoms with Crippen molar-refractivity contribution in [1.29, 1.82) is 0 Å². The molecule has 0 saturated carbocycles. The van der Waals surface area contributed by atoms with E-state index in [1.807, 2.05) is 30.3 Å². The molecule has 7 nitrogen and oxygen atoms in total. The molecule has 1 amide bonds. The van der Waals surface area contributed by atoms with Crippen LogP contribution in [0.2, 0.25) is 0 Å². The predicted molar refractivity (Wildman–Crippen MR) is 116 cm³/mol. The first kappa shape index (κ1) is 24.1.